The van der Waals surface area contributed by atoms with Gasteiger partial charge in [-0.3, -0.25) is 0 Å². The van der Waals surface area contributed by atoms with Gasteiger partial charge in [0.1, 0.15) is 0 Å². The van der Waals surface area contributed by atoms with Gasteiger partial charge in [-0.1, -0.05) is 85.2 Å². The molecule has 4 fully saturated rings. The van der Waals surface area contributed by atoms with Crippen LogP contribution in [0.5, 0.6) is 0 Å². The van der Waals surface area contributed by atoms with E-state index >= 15 is 0 Å². The normalized spacial score (nSPS) is 38.4. The molecule has 0 aromatic carbocycles. The molecule has 0 amide bonds. The van der Waals surface area contributed by atoms with Crippen molar-refractivity contribution >= 4 is 25.1 Å². The van der Waals surface area contributed by atoms with Crippen molar-refractivity contribution in [3.05, 3.63) is 14.9 Å². The molecule has 0 aromatic heterocycles. The van der Waals surface area contributed by atoms with E-state index in [1.807, 2.05) is 0 Å². The van der Waals surface area contributed by atoms with E-state index in [1.165, 1.54) is 19.3 Å². The molecule has 4 aliphatic rings. The molecule has 0 spiro atoms. The molecular weight excluding hydrogens is 539 g/mol. The van der Waals surface area contributed by atoms with Gasteiger partial charge in [0.05, 0.1) is 8.07 Å². The number of fused-ring (bicyclic) bond motifs is 2. The first kappa shape index (κ1) is 32.7. The van der Waals surface area contributed by atoms with E-state index in [-0.39, 0.29) is 14.9 Å². The van der Waals surface area contributed by atoms with Crippen LogP contribution in [0.3, 0.4) is 0 Å². The Morgan fingerprint density at radius 1 is 0.758 bits per heavy atom. The van der Waals surface area contributed by atoms with Crippen molar-refractivity contribution in [1.82, 2.24) is 0 Å². The van der Waals surface area contributed by atoms with Gasteiger partial charge < -0.3 is 14.9 Å². The molecule has 9 unspecified atom stereocenters. The third-order valence-electron chi connectivity index (χ3n) is 10.9. The Balaban J connectivity index is 0.00000103. The first-order valence-corrected chi connectivity index (χ1v) is 23.3. The molecule has 0 aromatic rings. The predicted octanol–water partition coefficient (Wildman–Crippen LogP) is 11.2. The first-order chi connectivity index (χ1) is 14.9. The average molecular weight is 595 g/mol. The Bertz CT molecular complexity index is 542. The Kier molecular flexibility index (Phi) is 15.0. The van der Waals surface area contributed by atoms with Gasteiger partial charge in [-0.25, -0.2) is 0 Å². The summed E-state index contributed by atoms with van der Waals surface area (Å²) in [6.45, 7) is 13.2. The summed E-state index contributed by atoms with van der Waals surface area (Å²) >= 11 is -0.826. The monoisotopic (exact) mass is 592 g/mol. The van der Waals surface area contributed by atoms with E-state index in [9.17, 15) is 0 Å². The number of halogens is 2. The standard InChI is InChI=1S/C27H50Si.2CH3.2ClH.Zr/c1-6-19(3)16-21-18-27(25-15-11-9-13-23(21)25)28(4,5)26-17-20(7-2)22-12-8-10-14-24(22)26;;;;;/h19-27H,6-18H2,1-5H3;2*1H3;2*1H;/q;2*-1;;;+4/p-2. The van der Waals surface area contributed by atoms with Crippen molar-refractivity contribution in [2.75, 3.05) is 0 Å². The van der Waals surface area contributed by atoms with Gasteiger partial charge in [0, 0.05) is 0 Å². The minimum absolute atomic E-state index is 0. The molecule has 0 radical (unpaired) electrons. The summed E-state index contributed by atoms with van der Waals surface area (Å²) in [5, 5.41) is 0. The fraction of sp³-hybridized carbons (Fsp3) is 0.931. The van der Waals surface area contributed by atoms with Crippen molar-refractivity contribution < 1.29 is 20.8 Å². The molecule has 9 atom stereocenters. The Morgan fingerprint density at radius 2 is 1.15 bits per heavy atom. The molecular formula is C29H56Cl2SiZr. The zero-order valence-electron chi connectivity index (χ0n) is 23.1. The Morgan fingerprint density at radius 3 is 1.58 bits per heavy atom. The molecule has 0 nitrogen and oxygen atoms in total. The van der Waals surface area contributed by atoms with Gasteiger partial charge in [0.2, 0.25) is 0 Å². The van der Waals surface area contributed by atoms with Crippen LogP contribution in [-0.4, -0.2) is 8.07 Å². The van der Waals surface area contributed by atoms with E-state index in [0.29, 0.717) is 0 Å². The maximum atomic E-state index is 4.93. The molecule has 4 aliphatic carbocycles. The van der Waals surface area contributed by atoms with Crippen molar-refractivity contribution in [1.29, 1.82) is 0 Å². The van der Waals surface area contributed by atoms with E-state index in [0.717, 1.165) is 52.5 Å². The molecule has 0 heterocycles. The summed E-state index contributed by atoms with van der Waals surface area (Å²) in [6.07, 6.45) is 20.2. The van der Waals surface area contributed by atoms with Crippen molar-refractivity contribution in [3.8, 4) is 0 Å². The van der Waals surface area contributed by atoms with Gasteiger partial charge in [-0.05, 0) is 84.6 Å². The molecule has 0 bridgehead atoms. The van der Waals surface area contributed by atoms with Crippen LogP contribution in [0.4, 0.5) is 0 Å². The van der Waals surface area contributed by atoms with Crippen LogP contribution in [0.15, 0.2) is 0 Å². The maximum absolute atomic E-state index is 4.93. The van der Waals surface area contributed by atoms with Crippen LogP contribution < -0.4 is 0 Å². The van der Waals surface area contributed by atoms with E-state index in [1.54, 1.807) is 64.2 Å². The van der Waals surface area contributed by atoms with Crippen molar-refractivity contribution in [2.45, 2.75) is 128 Å². The fourth-order valence-electron chi connectivity index (χ4n) is 9.31. The van der Waals surface area contributed by atoms with Gasteiger partial charge in [0.15, 0.2) is 0 Å². The van der Waals surface area contributed by atoms with E-state index < -0.39 is 28.9 Å². The average Bonchev–Trinajstić information content (AvgIpc) is 3.34. The summed E-state index contributed by atoms with van der Waals surface area (Å²) in [7, 11) is 8.65. The molecule has 4 rings (SSSR count). The third-order valence-corrected chi connectivity index (χ3v) is 16.1. The van der Waals surface area contributed by atoms with Crippen LogP contribution in [0.2, 0.25) is 24.2 Å². The molecule has 0 aliphatic heterocycles. The van der Waals surface area contributed by atoms with Gasteiger partial charge >= 0.3 is 37.9 Å². The molecule has 194 valence electrons. The topological polar surface area (TPSA) is 0 Å². The molecule has 33 heavy (non-hydrogen) atoms. The van der Waals surface area contributed by atoms with Gasteiger partial charge in [0.25, 0.3) is 0 Å². The summed E-state index contributed by atoms with van der Waals surface area (Å²) in [5.74, 6) is 7.63. The van der Waals surface area contributed by atoms with Crippen LogP contribution in [0, 0.1) is 56.3 Å². The summed E-state index contributed by atoms with van der Waals surface area (Å²) in [6, 6.07) is 0. The zero-order valence-corrected chi connectivity index (χ0v) is 28.1. The Hall–Kier alpha value is 1.68. The molecule has 0 saturated heterocycles. The Labute approximate surface area is 229 Å². The predicted molar refractivity (Wildman–Crippen MR) is 151 cm³/mol. The van der Waals surface area contributed by atoms with Crippen LogP contribution in [-0.2, 0) is 20.8 Å². The quantitative estimate of drug-likeness (QED) is 0.212. The summed E-state index contributed by atoms with van der Waals surface area (Å²) < 4.78 is 0. The van der Waals surface area contributed by atoms with Crippen molar-refractivity contribution in [2.24, 2.45) is 41.4 Å². The molecule has 0 N–H and O–H groups in total. The van der Waals surface area contributed by atoms with E-state index in [2.05, 4.69) is 33.9 Å². The summed E-state index contributed by atoms with van der Waals surface area (Å²) in [4.78, 5) is 0. The third kappa shape index (κ3) is 7.38. The van der Waals surface area contributed by atoms with Gasteiger partial charge in [-0.2, -0.15) is 0 Å². The fourth-order valence-corrected chi connectivity index (χ4v) is 14.7. The number of rotatable bonds is 6. The number of hydrogen-bond acceptors (Lipinski definition) is 0. The zero-order chi connectivity index (χ0) is 22.6. The van der Waals surface area contributed by atoms with Gasteiger partial charge in [-0.15, -0.1) is 0 Å². The number of hydrogen-bond donors (Lipinski definition) is 0. The second-order valence-corrected chi connectivity index (χ2v) is 21.3. The second-order valence-electron chi connectivity index (χ2n) is 12.5. The molecule has 4 saturated carbocycles. The van der Waals surface area contributed by atoms with Crippen LogP contribution in [0.25, 0.3) is 0 Å². The summed E-state index contributed by atoms with van der Waals surface area (Å²) in [5.41, 5.74) is 2.33. The first-order valence-electron chi connectivity index (χ1n) is 13.8. The van der Waals surface area contributed by atoms with E-state index in [4.69, 9.17) is 17.0 Å². The second kappa shape index (κ2) is 15.2. The van der Waals surface area contributed by atoms with Crippen molar-refractivity contribution in [3.63, 3.8) is 0 Å². The molecule has 4 heteroatoms. The minimum atomic E-state index is -1.21. The van der Waals surface area contributed by atoms with Crippen LogP contribution in [0.1, 0.15) is 104 Å². The SMILES string of the molecule is CCC(C)CC1CC([Si](C)(C)C2CC(CC)C3CCCCC32)C2CCCCC12.[CH3-].[CH3-].[Cl][Zr+2][Cl]. The van der Waals surface area contributed by atoms with Crippen LogP contribution >= 0.6 is 17.0 Å².